The molecule has 1 N–H and O–H groups in total. The highest BCUT2D eigenvalue weighted by molar-refractivity contribution is 6.04. The van der Waals surface area contributed by atoms with Gasteiger partial charge in [-0.2, -0.15) is 0 Å². The summed E-state index contributed by atoms with van der Waals surface area (Å²) in [7, 11) is 2.16. The normalized spacial score (nSPS) is 12.9. The molecule has 4 nitrogen and oxygen atoms in total. The Morgan fingerprint density at radius 3 is 2.16 bits per heavy atom. The maximum absolute atomic E-state index is 12.5. The Balaban J connectivity index is 0.00000148. The van der Waals surface area contributed by atoms with E-state index in [1.165, 1.54) is 11.1 Å². The molecular formula is C28H46N2O2. The van der Waals surface area contributed by atoms with E-state index in [2.05, 4.69) is 36.3 Å². The second-order valence-electron chi connectivity index (χ2n) is 7.21. The van der Waals surface area contributed by atoms with Crippen LogP contribution in [0.2, 0.25) is 0 Å². The number of anilines is 1. The summed E-state index contributed by atoms with van der Waals surface area (Å²) in [6.45, 7) is 18.6. The first-order valence-electron chi connectivity index (χ1n) is 12.3. The quantitative estimate of drug-likeness (QED) is 0.530. The first-order valence-corrected chi connectivity index (χ1v) is 12.3. The van der Waals surface area contributed by atoms with Crippen molar-refractivity contribution in [3.05, 3.63) is 64.7 Å². The summed E-state index contributed by atoms with van der Waals surface area (Å²) in [4.78, 5) is 14.9. The van der Waals surface area contributed by atoms with E-state index in [-0.39, 0.29) is 5.91 Å². The molecule has 0 unspecified atom stereocenters. The van der Waals surface area contributed by atoms with Gasteiger partial charge in [-0.1, -0.05) is 59.7 Å². The van der Waals surface area contributed by atoms with Crippen LogP contribution in [0.5, 0.6) is 0 Å². The van der Waals surface area contributed by atoms with Gasteiger partial charge in [0.05, 0.1) is 0 Å². The molecule has 2 aromatic carbocycles. The average molecular weight is 443 g/mol. The minimum absolute atomic E-state index is 0.0666. The Labute approximate surface area is 197 Å². The van der Waals surface area contributed by atoms with Gasteiger partial charge in [0, 0.05) is 37.1 Å². The summed E-state index contributed by atoms with van der Waals surface area (Å²) in [6, 6.07) is 14.5. The maximum atomic E-state index is 12.5. The molecule has 1 saturated heterocycles. The third-order valence-electron chi connectivity index (χ3n) is 5.20. The van der Waals surface area contributed by atoms with Gasteiger partial charge < -0.3 is 10.1 Å². The van der Waals surface area contributed by atoms with E-state index < -0.39 is 0 Å². The molecule has 2 aromatic rings. The van der Waals surface area contributed by atoms with Gasteiger partial charge in [-0.25, -0.2) is 0 Å². The van der Waals surface area contributed by atoms with Crippen molar-refractivity contribution >= 4 is 11.6 Å². The first kappa shape index (κ1) is 29.8. The summed E-state index contributed by atoms with van der Waals surface area (Å²) in [5.74, 6) is -0.0666. The zero-order valence-corrected chi connectivity index (χ0v) is 21.9. The molecule has 0 spiro atoms. The minimum atomic E-state index is -0.0666. The van der Waals surface area contributed by atoms with E-state index in [4.69, 9.17) is 4.74 Å². The van der Waals surface area contributed by atoms with Crippen LogP contribution in [0.25, 0.3) is 0 Å². The van der Waals surface area contributed by atoms with Crippen molar-refractivity contribution in [2.24, 2.45) is 0 Å². The summed E-state index contributed by atoms with van der Waals surface area (Å²) >= 11 is 0. The average Bonchev–Trinajstić information content (AvgIpc) is 2.85. The van der Waals surface area contributed by atoms with Gasteiger partial charge in [-0.05, 0) is 74.7 Å². The van der Waals surface area contributed by atoms with Crippen LogP contribution in [-0.4, -0.2) is 37.1 Å². The predicted molar refractivity (Wildman–Crippen MR) is 140 cm³/mol. The van der Waals surface area contributed by atoms with E-state index in [0.717, 1.165) is 43.9 Å². The number of amides is 1. The zero-order chi connectivity index (χ0) is 24.5. The fourth-order valence-corrected chi connectivity index (χ4v) is 3.38. The number of aryl methyl sites for hydroxylation is 2. The second kappa shape index (κ2) is 17.4. The van der Waals surface area contributed by atoms with Crippen molar-refractivity contribution in [1.82, 2.24) is 4.90 Å². The van der Waals surface area contributed by atoms with Crippen LogP contribution in [0, 0.1) is 13.8 Å². The molecule has 1 heterocycles. The van der Waals surface area contributed by atoms with Crippen LogP contribution in [0.4, 0.5) is 5.69 Å². The van der Waals surface area contributed by atoms with Crippen LogP contribution in [0.3, 0.4) is 0 Å². The van der Waals surface area contributed by atoms with Gasteiger partial charge in [-0.15, -0.1) is 0 Å². The molecule has 0 aromatic heterocycles. The molecule has 1 aliphatic rings. The molecular weight excluding hydrogens is 396 g/mol. The smallest absolute Gasteiger partial charge is 0.255 e. The molecule has 3 rings (SSSR count). The molecule has 0 bridgehead atoms. The summed E-state index contributed by atoms with van der Waals surface area (Å²) < 4.78 is 5.45. The van der Waals surface area contributed by atoms with Crippen molar-refractivity contribution in [3.8, 4) is 0 Å². The van der Waals surface area contributed by atoms with E-state index >= 15 is 0 Å². The lowest BCUT2D eigenvalue weighted by molar-refractivity contribution is 0.0407. The Kier molecular flexibility index (Phi) is 16.2. The Morgan fingerprint density at radius 2 is 1.56 bits per heavy atom. The molecule has 1 aliphatic heterocycles. The number of nitrogens with zero attached hydrogens (tertiary/aromatic N) is 1. The molecule has 0 radical (unpaired) electrons. The van der Waals surface area contributed by atoms with Gasteiger partial charge in [0.25, 0.3) is 5.91 Å². The Morgan fingerprint density at radius 1 is 0.938 bits per heavy atom. The molecule has 1 amide bonds. The van der Waals surface area contributed by atoms with Crippen molar-refractivity contribution in [3.63, 3.8) is 0 Å². The highest BCUT2D eigenvalue weighted by Crippen LogP contribution is 2.19. The predicted octanol–water partition coefficient (Wildman–Crippen LogP) is 7.25. The number of nitrogens with one attached hydrogen (secondary N) is 1. The number of hydrogen-bond donors (Lipinski definition) is 1. The largest absolute Gasteiger partial charge is 0.381 e. The molecule has 0 aliphatic carbocycles. The second-order valence-corrected chi connectivity index (χ2v) is 7.21. The van der Waals surface area contributed by atoms with Crippen molar-refractivity contribution in [1.29, 1.82) is 0 Å². The molecule has 32 heavy (non-hydrogen) atoms. The fraction of sp³-hybridized carbons (Fsp3) is 0.536. The fourth-order valence-electron chi connectivity index (χ4n) is 3.38. The van der Waals surface area contributed by atoms with Gasteiger partial charge in [0.2, 0.25) is 0 Å². The van der Waals surface area contributed by atoms with Crippen LogP contribution in [0.15, 0.2) is 42.5 Å². The molecule has 4 heteroatoms. The number of carbonyl (C=O) groups excluding carboxylic acids is 1. The topological polar surface area (TPSA) is 41.6 Å². The highest BCUT2D eigenvalue weighted by Gasteiger charge is 2.18. The summed E-state index contributed by atoms with van der Waals surface area (Å²) in [6.07, 6.45) is 2.17. The lowest BCUT2D eigenvalue weighted by Crippen LogP contribution is -2.36. The molecule has 180 valence electrons. The van der Waals surface area contributed by atoms with Crippen molar-refractivity contribution < 1.29 is 9.53 Å². The molecule has 1 fully saturated rings. The van der Waals surface area contributed by atoms with Gasteiger partial charge in [-0.3, -0.25) is 9.69 Å². The number of rotatable bonds is 5. The van der Waals surface area contributed by atoms with E-state index in [1.807, 2.05) is 78.8 Å². The van der Waals surface area contributed by atoms with Crippen LogP contribution in [-0.2, 0) is 11.3 Å². The minimum Gasteiger partial charge on any atom is -0.381 e. The zero-order valence-electron chi connectivity index (χ0n) is 21.9. The van der Waals surface area contributed by atoms with Crippen molar-refractivity contribution in [2.75, 3.05) is 25.6 Å². The highest BCUT2D eigenvalue weighted by atomic mass is 16.5. The van der Waals surface area contributed by atoms with Gasteiger partial charge in [0.15, 0.2) is 0 Å². The standard InChI is InChI=1S/C22H28N2O2.3C2H6/c1-16-7-8-19(13-17(16)2)22(25)23-20-6-4-5-18(14-20)15-24(3)21-9-11-26-12-10-21;3*1-2/h4-8,13-14,21H,9-12,15H2,1-3H3,(H,23,25);3*1-2H3. The summed E-state index contributed by atoms with van der Waals surface area (Å²) in [5.41, 5.74) is 5.06. The Hall–Kier alpha value is -2.17. The number of hydrogen-bond acceptors (Lipinski definition) is 3. The maximum Gasteiger partial charge on any atom is 0.255 e. The number of ether oxygens (including phenoxy) is 1. The number of benzene rings is 2. The summed E-state index contributed by atoms with van der Waals surface area (Å²) in [5, 5.41) is 3.02. The molecule has 0 atom stereocenters. The lowest BCUT2D eigenvalue weighted by Gasteiger charge is -2.31. The lowest BCUT2D eigenvalue weighted by atomic mass is 10.1. The first-order chi connectivity index (χ1) is 15.5. The monoisotopic (exact) mass is 442 g/mol. The van der Waals surface area contributed by atoms with E-state index in [9.17, 15) is 4.79 Å². The van der Waals surface area contributed by atoms with Crippen LogP contribution >= 0.6 is 0 Å². The molecule has 0 saturated carbocycles. The SMILES string of the molecule is CC.CC.CC.Cc1ccc(C(=O)Nc2cccc(CN(C)C3CCOCC3)c2)cc1C. The van der Waals surface area contributed by atoms with Crippen molar-refractivity contribution in [2.45, 2.75) is 80.8 Å². The third-order valence-corrected chi connectivity index (χ3v) is 5.20. The third kappa shape index (κ3) is 9.97. The number of carbonyl (C=O) groups is 1. The van der Waals surface area contributed by atoms with E-state index in [1.54, 1.807) is 0 Å². The van der Waals surface area contributed by atoms with Gasteiger partial charge in [0.1, 0.15) is 0 Å². The van der Waals surface area contributed by atoms with Crippen LogP contribution in [0.1, 0.15) is 81.4 Å². The van der Waals surface area contributed by atoms with Crippen LogP contribution < -0.4 is 5.32 Å². The van der Waals surface area contributed by atoms with E-state index in [0.29, 0.717) is 11.6 Å². The van der Waals surface area contributed by atoms with Gasteiger partial charge >= 0.3 is 0 Å². The Bertz CT molecular complexity index is 768.